The van der Waals surface area contributed by atoms with Gasteiger partial charge < -0.3 is 29.6 Å². The van der Waals surface area contributed by atoms with Crippen LogP contribution in [0.1, 0.15) is 32.3 Å². The van der Waals surface area contributed by atoms with Gasteiger partial charge in [-0.15, -0.1) is 0 Å². The molecule has 0 aromatic heterocycles. The number of ether oxygens (including phenoxy) is 4. The molecule has 1 aromatic carbocycles. The molecule has 26 heavy (non-hydrogen) atoms. The zero-order chi connectivity index (χ0) is 19.2. The third-order valence-corrected chi connectivity index (χ3v) is 3.75. The molecule has 0 heterocycles. The van der Waals surface area contributed by atoms with Crippen molar-refractivity contribution in [2.24, 2.45) is 4.99 Å². The fourth-order valence-electron chi connectivity index (χ4n) is 2.47. The van der Waals surface area contributed by atoms with E-state index in [-0.39, 0.29) is 0 Å². The van der Waals surface area contributed by atoms with Crippen LogP contribution in [-0.2, 0) is 11.3 Å². The van der Waals surface area contributed by atoms with Crippen LogP contribution in [0.3, 0.4) is 0 Å². The van der Waals surface area contributed by atoms with Gasteiger partial charge in [-0.1, -0.05) is 0 Å². The Bertz CT molecular complexity index is 550. The molecule has 0 aliphatic rings. The van der Waals surface area contributed by atoms with Crippen LogP contribution in [0, 0.1) is 0 Å². The van der Waals surface area contributed by atoms with E-state index < -0.39 is 0 Å². The van der Waals surface area contributed by atoms with Crippen molar-refractivity contribution in [2.75, 3.05) is 47.6 Å². The van der Waals surface area contributed by atoms with Crippen LogP contribution in [0.4, 0.5) is 0 Å². The van der Waals surface area contributed by atoms with Crippen molar-refractivity contribution in [1.82, 2.24) is 10.6 Å². The smallest absolute Gasteiger partial charge is 0.203 e. The van der Waals surface area contributed by atoms with Crippen molar-refractivity contribution < 1.29 is 18.9 Å². The minimum Gasteiger partial charge on any atom is -0.493 e. The molecule has 0 saturated heterocycles. The molecule has 0 aliphatic heterocycles. The van der Waals surface area contributed by atoms with Gasteiger partial charge >= 0.3 is 0 Å². The van der Waals surface area contributed by atoms with Crippen LogP contribution in [0.2, 0.25) is 0 Å². The molecule has 0 unspecified atom stereocenters. The van der Waals surface area contributed by atoms with E-state index in [0.29, 0.717) is 23.8 Å². The number of nitrogens with one attached hydrogen (secondary N) is 2. The molecule has 148 valence electrons. The lowest BCUT2D eigenvalue weighted by Gasteiger charge is -2.15. The van der Waals surface area contributed by atoms with E-state index in [0.717, 1.165) is 50.7 Å². The summed E-state index contributed by atoms with van der Waals surface area (Å²) in [4.78, 5) is 4.64. The summed E-state index contributed by atoms with van der Waals surface area (Å²) in [6.07, 6.45) is 2.06. The summed E-state index contributed by atoms with van der Waals surface area (Å²) in [5.41, 5.74) is 0.929. The summed E-state index contributed by atoms with van der Waals surface area (Å²) in [7, 11) is 4.82. The second-order valence-corrected chi connectivity index (χ2v) is 5.52. The van der Waals surface area contributed by atoms with Gasteiger partial charge in [-0.2, -0.15) is 0 Å². The number of methoxy groups -OCH3 is 3. The van der Waals surface area contributed by atoms with Crippen LogP contribution in [0.25, 0.3) is 0 Å². The van der Waals surface area contributed by atoms with Crippen LogP contribution < -0.4 is 24.8 Å². The predicted molar refractivity (Wildman–Crippen MR) is 105 cm³/mol. The molecule has 1 aromatic rings. The van der Waals surface area contributed by atoms with Crippen molar-refractivity contribution in [3.8, 4) is 17.2 Å². The highest BCUT2D eigenvalue weighted by Gasteiger charge is 2.15. The first-order chi connectivity index (χ1) is 12.7. The molecule has 7 nitrogen and oxygen atoms in total. The minimum atomic E-state index is 0.470. The zero-order valence-corrected chi connectivity index (χ0v) is 16.7. The van der Waals surface area contributed by atoms with E-state index in [4.69, 9.17) is 18.9 Å². The molecule has 0 saturated carbocycles. The fourth-order valence-corrected chi connectivity index (χ4v) is 2.47. The van der Waals surface area contributed by atoms with Crippen molar-refractivity contribution in [3.63, 3.8) is 0 Å². The Hall–Kier alpha value is -2.15. The Morgan fingerprint density at radius 2 is 1.73 bits per heavy atom. The normalized spacial score (nSPS) is 11.2. The Morgan fingerprint density at radius 3 is 2.35 bits per heavy atom. The Kier molecular flexibility index (Phi) is 11.0. The standard InChI is InChI=1S/C19H33N3O4/c1-6-20-19(21-12-8-9-13-26-7-2)22-14-15-10-11-16(23-3)18(25-5)17(15)24-4/h10-11H,6-9,12-14H2,1-5H3,(H2,20,21,22). The van der Waals surface area contributed by atoms with Crippen molar-refractivity contribution in [2.45, 2.75) is 33.2 Å². The highest BCUT2D eigenvalue weighted by Crippen LogP contribution is 2.39. The van der Waals surface area contributed by atoms with Gasteiger partial charge in [0.15, 0.2) is 17.5 Å². The third-order valence-electron chi connectivity index (χ3n) is 3.75. The maximum Gasteiger partial charge on any atom is 0.203 e. The first-order valence-corrected chi connectivity index (χ1v) is 9.09. The van der Waals surface area contributed by atoms with Gasteiger partial charge in [0.2, 0.25) is 5.75 Å². The van der Waals surface area contributed by atoms with Crippen LogP contribution in [-0.4, -0.2) is 53.6 Å². The second-order valence-electron chi connectivity index (χ2n) is 5.52. The highest BCUT2D eigenvalue weighted by molar-refractivity contribution is 5.79. The van der Waals surface area contributed by atoms with E-state index in [1.807, 2.05) is 26.0 Å². The molecule has 0 aliphatic carbocycles. The number of guanidine groups is 1. The van der Waals surface area contributed by atoms with Gasteiger partial charge in [0.25, 0.3) is 0 Å². The number of hydrogen-bond acceptors (Lipinski definition) is 5. The zero-order valence-electron chi connectivity index (χ0n) is 16.7. The average molecular weight is 367 g/mol. The lowest BCUT2D eigenvalue weighted by atomic mass is 10.1. The van der Waals surface area contributed by atoms with Gasteiger partial charge in [0.05, 0.1) is 27.9 Å². The molecule has 0 fully saturated rings. The summed E-state index contributed by atoms with van der Waals surface area (Å²) in [6, 6.07) is 3.80. The second kappa shape index (κ2) is 13.1. The third kappa shape index (κ3) is 7.00. The van der Waals surface area contributed by atoms with Gasteiger partial charge in [0, 0.05) is 31.9 Å². The molecule has 0 atom stereocenters. The average Bonchev–Trinajstić information content (AvgIpc) is 2.67. The van der Waals surface area contributed by atoms with Crippen LogP contribution >= 0.6 is 0 Å². The summed E-state index contributed by atoms with van der Waals surface area (Å²) >= 11 is 0. The van der Waals surface area contributed by atoms with Crippen LogP contribution in [0.5, 0.6) is 17.2 Å². The summed E-state index contributed by atoms with van der Waals surface area (Å²) in [5, 5.41) is 6.60. The minimum absolute atomic E-state index is 0.470. The first kappa shape index (κ1) is 21.9. The number of unbranched alkanes of at least 4 members (excludes halogenated alkanes) is 1. The molecular formula is C19H33N3O4. The summed E-state index contributed by atoms with van der Waals surface area (Å²) in [5.74, 6) is 2.64. The first-order valence-electron chi connectivity index (χ1n) is 9.09. The molecule has 0 spiro atoms. The number of aliphatic imine (C=N–C) groups is 1. The lowest BCUT2D eigenvalue weighted by molar-refractivity contribution is 0.143. The quantitative estimate of drug-likeness (QED) is 0.336. The van der Waals surface area contributed by atoms with Gasteiger partial charge in [-0.05, 0) is 38.8 Å². The summed E-state index contributed by atoms with van der Waals surface area (Å²) in [6.45, 7) is 7.74. The fraction of sp³-hybridized carbons (Fsp3) is 0.632. The number of nitrogens with zero attached hydrogens (tertiary/aromatic N) is 1. The Morgan fingerprint density at radius 1 is 0.962 bits per heavy atom. The van der Waals surface area contributed by atoms with E-state index >= 15 is 0 Å². The van der Waals surface area contributed by atoms with Crippen LogP contribution in [0.15, 0.2) is 17.1 Å². The van der Waals surface area contributed by atoms with E-state index in [1.165, 1.54) is 0 Å². The van der Waals surface area contributed by atoms with Crippen molar-refractivity contribution >= 4 is 5.96 Å². The monoisotopic (exact) mass is 367 g/mol. The number of benzene rings is 1. The molecular weight excluding hydrogens is 334 g/mol. The lowest BCUT2D eigenvalue weighted by Crippen LogP contribution is -2.37. The van der Waals surface area contributed by atoms with E-state index in [2.05, 4.69) is 15.6 Å². The number of rotatable bonds is 12. The Labute approximate surface area is 157 Å². The van der Waals surface area contributed by atoms with Crippen molar-refractivity contribution in [3.05, 3.63) is 17.7 Å². The molecule has 2 N–H and O–H groups in total. The predicted octanol–water partition coefficient (Wildman–Crippen LogP) is 2.58. The Balaban J connectivity index is 2.73. The SMILES string of the molecule is CCNC(=NCc1ccc(OC)c(OC)c1OC)NCCCCOCC. The largest absolute Gasteiger partial charge is 0.493 e. The summed E-state index contributed by atoms with van der Waals surface area (Å²) < 4.78 is 21.6. The van der Waals surface area contributed by atoms with Gasteiger partial charge in [-0.3, -0.25) is 0 Å². The number of hydrogen-bond donors (Lipinski definition) is 2. The van der Waals surface area contributed by atoms with Gasteiger partial charge in [-0.25, -0.2) is 4.99 Å². The molecule has 0 amide bonds. The maximum absolute atomic E-state index is 5.51. The maximum atomic E-state index is 5.51. The van der Waals surface area contributed by atoms with E-state index in [9.17, 15) is 0 Å². The van der Waals surface area contributed by atoms with Crippen molar-refractivity contribution in [1.29, 1.82) is 0 Å². The van der Waals surface area contributed by atoms with Gasteiger partial charge in [0.1, 0.15) is 0 Å². The van der Waals surface area contributed by atoms with E-state index in [1.54, 1.807) is 21.3 Å². The highest BCUT2D eigenvalue weighted by atomic mass is 16.5. The topological polar surface area (TPSA) is 73.3 Å². The molecule has 0 radical (unpaired) electrons. The molecule has 7 heteroatoms. The molecule has 1 rings (SSSR count). The molecule has 0 bridgehead atoms.